The second-order valence-corrected chi connectivity index (χ2v) is 15.0. The average molecular weight is 912 g/mol. The predicted octanol–water partition coefficient (Wildman–Crippen LogP) is 8.29. The number of hydrogen-bond donors (Lipinski definition) is 5. The maximum absolute atomic E-state index is 12.7. The van der Waals surface area contributed by atoms with E-state index in [1.165, 1.54) is 12.3 Å². The second kappa shape index (κ2) is 21.9. The lowest BCUT2D eigenvalue weighted by atomic mass is 10.1. The molecule has 0 atom stereocenters. The lowest BCUT2D eigenvalue weighted by Gasteiger charge is -2.12. The summed E-state index contributed by atoms with van der Waals surface area (Å²) >= 11 is 12.0. The van der Waals surface area contributed by atoms with Crippen LogP contribution in [0.4, 0.5) is 11.6 Å². The minimum absolute atomic E-state index is 0. The molecule has 0 unspecified atom stereocenters. The van der Waals surface area contributed by atoms with Crippen LogP contribution in [0, 0.1) is 27.7 Å². The van der Waals surface area contributed by atoms with Gasteiger partial charge in [-0.1, -0.05) is 30.6 Å². The number of carbonyl (C=O) groups is 2. The lowest BCUT2D eigenvalue weighted by Crippen LogP contribution is -2.24. The van der Waals surface area contributed by atoms with E-state index in [4.69, 9.17) is 45.5 Å². The van der Waals surface area contributed by atoms with Crippen molar-refractivity contribution in [3.8, 4) is 0 Å². The topological polar surface area (TPSA) is 232 Å². The van der Waals surface area contributed by atoms with Crippen LogP contribution in [0.5, 0.6) is 0 Å². The van der Waals surface area contributed by atoms with Gasteiger partial charge in [-0.25, -0.2) is 14.8 Å². The molecule has 328 valence electrons. The van der Waals surface area contributed by atoms with Crippen LogP contribution >= 0.6 is 35.6 Å². The Bertz CT molecular complexity index is 2830. The first-order chi connectivity index (χ1) is 29.2. The van der Waals surface area contributed by atoms with E-state index >= 15 is 0 Å². The number of carboxylic acids is 1. The zero-order valence-electron chi connectivity index (χ0n) is 34.3. The van der Waals surface area contributed by atoms with Gasteiger partial charge in [0.2, 0.25) is 0 Å². The van der Waals surface area contributed by atoms with Crippen molar-refractivity contribution in [1.82, 2.24) is 44.8 Å². The molecule has 0 aliphatic rings. The van der Waals surface area contributed by atoms with Gasteiger partial charge in [0.05, 0.1) is 53.5 Å². The second-order valence-electron chi connectivity index (χ2n) is 14.1. The van der Waals surface area contributed by atoms with Crippen molar-refractivity contribution in [3.05, 3.63) is 164 Å². The van der Waals surface area contributed by atoms with Gasteiger partial charge in [0, 0.05) is 63.3 Å². The van der Waals surface area contributed by atoms with E-state index in [9.17, 15) is 9.59 Å². The van der Waals surface area contributed by atoms with Crippen molar-refractivity contribution in [2.45, 2.75) is 61.3 Å². The Labute approximate surface area is 381 Å². The first-order valence-electron chi connectivity index (χ1n) is 19.0. The highest BCUT2D eigenvalue weighted by Crippen LogP contribution is 2.22. The van der Waals surface area contributed by atoms with Crippen LogP contribution in [0.25, 0.3) is 21.8 Å². The van der Waals surface area contributed by atoms with Gasteiger partial charge in [-0.15, -0.1) is 12.4 Å². The minimum atomic E-state index is -0.967. The van der Waals surface area contributed by atoms with Gasteiger partial charge in [0.25, 0.3) is 5.91 Å². The molecule has 63 heavy (non-hydrogen) atoms. The summed E-state index contributed by atoms with van der Waals surface area (Å²) in [5.41, 5.74) is 26.8. The predicted molar refractivity (Wildman–Crippen MR) is 252 cm³/mol. The molecule has 2 aromatic carbocycles. The summed E-state index contributed by atoms with van der Waals surface area (Å²) in [6.45, 7) is 9.53. The summed E-state index contributed by atoms with van der Waals surface area (Å²) in [6.07, 6.45) is 6.61. The van der Waals surface area contributed by atoms with E-state index in [0.29, 0.717) is 59.1 Å². The van der Waals surface area contributed by atoms with Crippen molar-refractivity contribution < 1.29 is 14.7 Å². The van der Waals surface area contributed by atoms with Crippen molar-refractivity contribution in [3.63, 3.8) is 0 Å². The molecule has 8 aromatic rings. The van der Waals surface area contributed by atoms with Crippen LogP contribution in [-0.2, 0) is 26.2 Å². The Morgan fingerprint density at radius 1 is 0.683 bits per heavy atom. The van der Waals surface area contributed by atoms with Gasteiger partial charge in [-0.05, 0) is 123 Å². The fraction of sp³-hybridized carbons (Fsp3) is 0.200. The maximum atomic E-state index is 12.7. The number of fused-ring (bicyclic) bond motifs is 2. The summed E-state index contributed by atoms with van der Waals surface area (Å²) in [4.78, 5) is 40.6. The number of rotatable bonds is 9. The molecule has 0 saturated heterocycles. The number of pyridine rings is 4. The Hall–Kier alpha value is -6.65. The fourth-order valence-electron chi connectivity index (χ4n) is 6.70. The summed E-state index contributed by atoms with van der Waals surface area (Å²) in [5, 5.41) is 23.8. The highest BCUT2D eigenvalue weighted by Gasteiger charge is 2.13. The van der Waals surface area contributed by atoms with Gasteiger partial charge in [0.15, 0.2) is 0 Å². The molecule has 15 nitrogen and oxygen atoms in total. The van der Waals surface area contributed by atoms with E-state index in [0.717, 1.165) is 61.1 Å². The molecule has 0 bridgehead atoms. The van der Waals surface area contributed by atoms with Gasteiger partial charge >= 0.3 is 5.97 Å². The molecule has 6 heterocycles. The fourth-order valence-corrected chi connectivity index (χ4v) is 7.06. The number of hydrogen-bond acceptors (Lipinski definition) is 11. The summed E-state index contributed by atoms with van der Waals surface area (Å²) in [7, 11) is 0. The molecule has 0 spiro atoms. The number of aryl methyl sites for hydroxylation is 4. The zero-order chi connectivity index (χ0) is 43.8. The molecule has 18 heteroatoms. The number of aromatic carboxylic acids is 1. The van der Waals surface area contributed by atoms with E-state index in [2.05, 4.69) is 35.5 Å². The molecular formula is C45H49Cl3N12O3. The van der Waals surface area contributed by atoms with Crippen LogP contribution in [0.2, 0.25) is 10.0 Å². The maximum Gasteiger partial charge on any atom is 0.335 e. The number of nitrogen functional groups attached to an aromatic ring is 2. The Kier molecular flexibility index (Phi) is 17.1. The van der Waals surface area contributed by atoms with Gasteiger partial charge in [-0.2, -0.15) is 10.2 Å². The molecule has 1 amide bonds. The molecule has 6 aromatic heterocycles. The van der Waals surface area contributed by atoms with Crippen LogP contribution in [0.3, 0.4) is 0 Å². The number of amides is 1. The van der Waals surface area contributed by atoms with Crippen LogP contribution in [-0.4, -0.2) is 56.5 Å². The number of carbonyl (C=O) groups excluding carboxylic acids is 1. The third-order valence-electron chi connectivity index (χ3n) is 9.75. The largest absolute Gasteiger partial charge is 0.478 e. The Balaban J connectivity index is 0.000000227. The summed E-state index contributed by atoms with van der Waals surface area (Å²) in [5.74, 6) is -0.0957. The summed E-state index contributed by atoms with van der Waals surface area (Å²) in [6, 6.07) is 21.3. The number of nitrogens with two attached hydrogens (primary N) is 3. The van der Waals surface area contributed by atoms with Crippen molar-refractivity contribution in [1.29, 1.82) is 0 Å². The van der Waals surface area contributed by atoms with Gasteiger partial charge in [0.1, 0.15) is 11.6 Å². The summed E-state index contributed by atoms with van der Waals surface area (Å²) < 4.78 is 3.60. The molecular weight excluding hydrogens is 863 g/mol. The van der Waals surface area contributed by atoms with Gasteiger partial charge in [-0.3, -0.25) is 24.1 Å². The van der Waals surface area contributed by atoms with E-state index in [1.54, 1.807) is 53.6 Å². The standard InChI is InChI=1S/C22H21ClN6O.C14H10ClN3O2.C8H13N3.CH4.ClH/c1-13-7-21(24)28-14(2)19(13)11-26-22(30)15-5-6-25-18(9-15)12-29-20-4-3-17(23)8-16(20)10-27-29;15-11-1-2-13-10(5-11)7-17-18(13)8-12-6-9(14(19)20)3-4-16-12;1-5-3-8(10)11-6(2)7(5)4-9;;/h3-10H,11-12H2,1-2H3,(H2,24,28)(H,26,30);1-7H,8H2,(H,19,20);3H,4,9H2,1-2H3,(H2,10,11);1H4;1H. The quantitative estimate of drug-likeness (QED) is 0.0921. The third kappa shape index (κ3) is 12.5. The van der Waals surface area contributed by atoms with Crippen molar-refractivity contribution >= 4 is 80.9 Å². The van der Waals surface area contributed by atoms with Gasteiger partial charge < -0.3 is 27.6 Å². The smallest absolute Gasteiger partial charge is 0.335 e. The number of aromatic nitrogens is 8. The highest BCUT2D eigenvalue weighted by atomic mass is 35.5. The first kappa shape index (κ1) is 49.0. The number of halogens is 3. The number of anilines is 2. The van der Waals surface area contributed by atoms with Crippen molar-refractivity contribution in [2.75, 3.05) is 11.5 Å². The molecule has 0 aliphatic heterocycles. The SMILES string of the molecule is C.Cc1cc(N)nc(C)c1CN.Cc1cc(N)nc(C)c1CNC(=O)c1ccnc(Cn2ncc3cc(Cl)ccc32)c1.Cl.O=C(O)c1ccnc(Cn2ncc3cc(Cl)ccc32)c1. The lowest BCUT2D eigenvalue weighted by molar-refractivity contribution is 0.0696. The number of carboxylic acid groups (broad SMARTS) is 1. The van der Waals surface area contributed by atoms with E-state index in [1.807, 2.05) is 68.8 Å². The zero-order valence-corrected chi connectivity index (χ0v) is 36.6. The molecule has 0 radical (unpaired) electrons. The number of benzene rings is 2. The minimum Gasteiger partial charge on any atom is -0.478 e. The first-order valence-corrected chi connectivity index (χ1v) is 19.7. The third-order valence-corrected chi connectivity index (χ3v) is 10.2. The Morgan fingerprint density at radius 3 is 1.60 bits per heavy atom. The van der Waals surface area contributed by atoms with Crippen LogP contribution < -0.4 is 22.5 Å². The molecule has 8 rings (SSSR count). The monoisotopic (exact) mass is 910 g/mol. The normalized spacial score (nSPS) is 10.5. The van der Waals surface area contributed by atoms with E-state index in [-0.39, 0.29) is 31.3 Å². The molecule has 0 aliphatic carbocycles. The highest BCUT2D eigenvalue weighted by molar-refractivity contribution is 6.31. The molecule has 0 saturated carbocycles. The number of nitrogens with zero attached hydrogens (tertiary/aromatic N) is 8. The molecule has 0 fully saturated rings. The number of nitrogens with one attached hydrogen (secondary N) is 1. The van der Waals surface area contributed by atoms with E-state index < -0.39 is 5.97 Å². The van der Waals surface area contributed by atoms with Crippen LogP contribution in [0.15, 0.2) is 97.6 Å². The molecule has 8 N–H and O–H groups in total. The van der Waals surface area contributed by atoms with Crippen molar-refractivity contribution in [2.24, 2.45) is 5.73 Å². The Morgan fingerprint density at radius 2 is 1.14 bits per heavy atom. The van der Waals surface area contributed by atoms with Crippen LogP contribution in [0.1, 0.15) is 73.2 Å². The average Bonchev–Trinajstić information content (AvgIpc) is 3.80.